The summed E-state index contributed by atoms with van der Waals surface area (Å²) >= 11 is 0. The van der Waals surface area contributed by atoms with E-state index in [1.165, 1.54) is 6.26 Å². The van der Waals surface area contributed by atoms with Crippen molar-refractivity contribution in [3.05, 3.63) is 53.0 Å². The number of nitrogens with one attached hydrogen (secondary N) is 1. The number of nitrogen functional groups attached to an aromatic ring is 1. The van der Waals surface area contributed by atoms with Crippen molar-refractivity contribution < 1.29 is 13.9 Å². The van der Waals surface area contributed by atoms with E-state index in [1.807, 2.05) is 32.0 Å². The van der Waals surface area contributed by atoms with Gasteiger partial charge in [-0.15, -0.1) is 0 Å². The SMILES string of the molecule is Cc1ccc(C)c(OCc2occc2C(=O)NN)c1. The predicted octanol–water partition coefficient (Wildman–Crippen LogP) is 2.08. The van der Waals surface area contributed by atoms with Gasteiger partial charge in [0, 0.05) is 0 Å². The molecule has 0 radical (unpaired) electrons. The van der Waals surface area contributed by atoms with Gasteiger partial charge < -0.3 is 9.15 Å². The van der Waals surface area contributed by atoms with E-state index in [9.17, 15) is 4.79 Å². The molecule has 3 N–H and O–H groups in total. The number of rotatable bonds is 4. The number of hydrazine groups is 1. The number of aryl methyl sites for hydroxylation is 2. The predicted molar refractivity (Wildman–Crippen MR) is 70.6 cm³/mol. The molecule has 0 fully saturated rings. The summed E-state index contributed by atoms with van der Waals surface area (Å²) in [6.45, 7) is 4.14. The second-order valence-electron chi connectivity index (χ2n) is 4.29. The monoisotopic (exact) mass is 260 g/mol. The van der Waals surface area contributed by atoms with E-state index in [0.717, 1.165) is 16.9 Å². The van der Waals surface area contributed by atoms with Gasteiger partial charge in [0.15, 0.2) is 5.76 Å². The smallest absolute Gasteiger partial charge is 0.268 e. The summed E-state index contributed by atoms with van der Waals surface area (Å²) in [5.41, 5.74) is 4.59. The number of ether oxygens (including phenoxy) is 1. The average Bonchev–Trinajstić information content (AvgIpc) is 2.87. The molecule has 5 nitrogen and oxygen atoms in total. The summed E-state index contributed by atoms with van der Waals surface area (Å²) in [6, 6.07) is 7.51. The van der Waals surface area contributed by atoms with Crippen molar-refractivity contribution in [1.29, 1.82) is 0 Å². The third kappa shape index (κ3) is 2.95. The number of nitrogens with two attached hydrogens (primary N) is 1. The molecule has 0 aliphatic heterocycles. The Labute approximate surface area is 111 Å². The maximum absolute atomic E-state index is 11.5. The fourth-order valence-electron chi connectivity index (χ4n) is 1.74. The van der Waals surface area contributed by atoms with Gasteiger partial charge >= 0.3 is 0 Å². The standard InChI is InChI=1S/C14H16N2O3/c1-9-3-4-10(2)12(7-9)19-8-13-11(5-6-18-13)14(17)16-15/h3-7H,8,15H2,1-2H3,(H,16,17). The molecule has 0 saturated heterocycles. The molecule has 0 aliphatic carbocycles. The van der Waals surface area contributed by atoms with Crippen LogP contribution in [0.15, 0.2) is 34.9 Å². The van der Waals surface area contributed by atoms with Crippen molar-refractivity contribution in [2.45, 2.75) is 20.5 Å². The highest BCUT2D eigenvalue weighted by Gasteiger charge is 2.14. The number of carbonyl (C=O) groups excluding carboxylic acids is 1. The van der Waals surface area contributed by atoms with Gasteiger partial charge in [-0.2, -0.15) is 0 Å². The quantitative estimate of drug-likeness (QED) is 0.501. The van der Waals surface area contributed by atoms with Crippen molar-refractivity contribution >= 4 is 5.91 Å². The number of hydrogen-bond acceptors (Lipinski definition) is 4. The van der Waals surface area contributed by atoms with Crippen molar-refractivity contribution in [2.24, 2.45) is 5.84 Å². The van der Waals surface area contributed by atoms with Gasteiger partial charge in [0.25, 0.3) is 5.91 Å². The minimum atomic E-state index is -0.395. The van der Waals surface area contributed by atoms with E-state index in [1.54, 1.807) is 6.07 Å². The Hall–Kier alpha value is -2.27. The molecule has 1 amide bonds. The first kappa shape index (κ1) is 13.2. The van der Waals surface area contributed by atoms with Crippen LogP contribution in [0.4, 0.5) is 0 Å². The highest BCUT2D eigenvalue weighted by Crippen LogP contribution is 2.21. The van der Waals surface area contributed by atoms with E-state index in [-0.39, 0.29) is 6.61 Å². The summed E-state index contributed by atoms with van der Waals surface area (Å²) in [4.78, 5) is 11.5. The number of hydrogen-bond donors (Lipinski definition) is 2. The van der Waals surface area contributed by atoms with Crippen molar-refractivity contribution in [2.75, 3.05) is 0 Å². The van der Waals surface area contributed by atoms with Crippen LogP contribution < -0.4 is 16.0 Å². The Bertz CT molecular complexity index is 590. The van der Waals surface area contributed by atoms with Crippen LogP contribution >= 0.6 is 0 Å². The van der Waals surface area contributed by atoms with Crippen LogP contribution in [-0.4, -0.2) is 5.91 Å². The van der Waals surface area contributed by atoms with E-state index in [0.29, 0.717) is 11.3 Å². The lowest BCUT2D eigenvalue weighted by Crippen LogP contribution is -2.30. The fourth-order valence-corrected chi connectivity index (χ4v) is 1.74. The minimum absolute atomic E-state index is 0.181. The second kappa shape index (κ2) is 5.58. The highest BCUT2D eigenvalue weighted by molar-refractivity contribution is 5.94. The van der Waals surface area contributed by atoms with Crippen LogP contribution in [0.1, 0.15) is 27.2 Å². The third-order valence-electron chi connectivity index (χ3n) is 2.82. The van der Waals surface area contributed by atoms with Gasteiger partial charge in [0.2, 0.25) is 0 Å². The molecule has 0 atom stereocenters. The van der Waals surface area contributed by atoms with Crippen LogP contribution in [0.2, 0.25) is 0 Å². The minimum Gasteiger partial charge on any atom is -0.485 e. The zero-order valence-corrected chi connectivity index (χ0v) is 10.9. The molecule has 19 heavy (non-hydrogen) atoms. The molecular weight excluding hydrogens is 244 g/mol. The van der Waals surface area contributed by atoms with E-state index in [4.69, 9.17) is 15.0 Å². The van der Waals surface area contributed by atoms with Crippen molar-refractivity contribution in [3.63, 3.8) is 0 Å². The fraction of sp³-hybridized carbons (Fsp3) is 0.214. The first-order valence-electron chi connectivity index (χ1n) is 5.89. The first-order valence-corrected chi connectivity index (χ1v) is 5.89. The van der Waals surface area contributed by atoms with Crippen LogP contribution in [0.3, 0.4) is 0 Å². The van der Waals surface area contributed by atoms with Crippen LogP contribution in [0.5, 0.6) is 5.75 Å². The van der Waals surface area contributed by atoms with Crippen LogP contribution in [0, 0.1) is 13.8 Å². The maximum Gasteiger partial charge on any atom is 0.268 e. The lowest BCUT2D eigenvalue weighted by molar-refractivity contribution is 0.0949. The molecule has 0 saturated carbocycles. The van der Waals surface area contributed by atoms with E-state index >= 15 is 0 Å². The van der Waals surface area contributed by atoms with Crippen molar-refractivity contribution in [1.82, 2.24) is 5.43 Å². The zero-order valence-electron chi connectivity index (χ0n) is 10.9. The lowest BCUT2D eigenvalue weighted by Gasteiger charge is -2.09. The number of carbonyl (C=O) groups is 1. The second-order valence-corrected chi connectivity index (χ2v) is 4.29. The molecule has 2 aromatic rings. The Kier molecular flexibility index (Phi) is 3.87. The summed E-state index contributed by atoms with van der Waals surface area (Å²) in [5, 5.41) is 0. The molecular formula is C14H16N2O3. The Morgan fingerprint density at radius 3 is 2.89 bits per heavy atom. The summed E-state index contributed by atoms with van der Waals surface area (Å²) in [5.74, 6) is 5.93. The van der Waals surface area contributed by atoms with Crippen molar-refractivity contribution in [3.8, 4) is 5.75 Å². The number of benzene rings is 1. The van der Waals surface area contributed by atoms with E-state index in [2.05, 4.69) is 5.43 Å². The Morgan fingerprint density at radius 1 is 1.37 bits per heavy atom. The van der Waals surface area contributed by atoms with Gasteiger partial charge in [-0.25, -0.2) is 5.84 Å². The van der Waals surface area contributed by atoms with E-state index < -0.39 is 5.91 Å². The van der Waals surface area contributed by atoms with Crippen LogP contribution in [0.25, 0.3) is 0 Å². The molecule has 1 aromatic carbocycles. The van der Waals surface area contributed by atoms with Gasteiger partial charge in [-0.05, 0) is 37.1 Å². The molecule has 0 spiro atoms. The number of furan rings is 1. The summed E-state index contributed by atoms with van der Waals surface area (Å²) < 4.78 is 10.9. The molecule has 5 heteroatoms. The average molecular weight is 260 g/mol. The third-order valence-corrected chi connectivity index (χ3v) is 2.82. The molecule has 0 aliphatic rings. The first-order chi connectivity index (χ1) is 9.11. The molecule has 0 unspecified atom stereocenters. The molecule has 100 valence electrons. The number of amides is 1. The van der Waals surface area contributed by atoms with Gasteiger partial charge in [-0.3, -0.25) is 10.2 Å². The zero-order chi connectivity index (χ0) is 13.8. The maximum atomic E-state index is 11.5. The molecule has 1 aromatic heterocycles. The largest absolute Gasteiger partial charge is 0.485 e. The topological polar surface area (TPSA) is 77.5 Å². The highest BCUT2D eigenvalue weighted by atomic mass is 16.5. The normalized spacial score (nSPS) is 10.3. The molecule has 0 bridgehead atoms. The lowest BCUT2D eigenvalue weighted by atomic mass is 10.1. The Balaban J connectivity index is 2.13. The van der Waals surface area contributed by atoms with Gasteiger partial charge in [0.05, 0.1) is 11.8 Å². The molecule has 2 rings (SSSR count). The summed E-state index contributed by atoms with van der Waals surface area (Å²) in [6.07, 6.45) is 1.44. The Morgan fingerprint density at radius 2 is 2.16 bits per heavy atom. The van der Waals surface area contributed by atoms with Gasteiger partial charge in [0.1, 0.15) is 12.4 Å². The van der Waals surface area contributed by atoms with Crippen LogP contribution in [-0.2, 0) is 6.61 Å². The summed E-state index contributed by atoms with van der Waals surface area (Å²) in [7, 11) is 0. The van der Waals surface area contributed by atoms with Gasteiger partial charge in [-0.1, -0.05) is 12.1 Å². The molecule has 1 heterocycles.